The maximum atomic E-state index is 12.5. The van der Waals surface area contributed by atoms with Gasteiger partial charge in [-0.15, -0.1) is 0 Å². The zero-order chi connectivity index (χ0) is 14.6. The van der Waals surface area contributed by atoms with Crippen molar-refractivity contribution in [1.29, 1.82) is 0 Å². The molecule has 2 aromatic rings. The van der Waals surface area contributed by atoms with Gasteiger partial charge in [0, 0.05) is 24.6 Å². The molecule has 0 saturated carbocycles. The molecule has 4 nitrogen and oxygen atoms in total. The molecule has 7 heteroatoms. The number of hydrogen-bond acceptors (Lipinski definition) is 3. The Morgan fingerprint density at radius 2 is 2.15 bits per heavy atom. The number of nitrogens with zero attached hydrogens (tertiary/aromatic N) is 3. The molecule has 0 unspecified atom stereocenters. The third-order valence-corrected chi connectivity index (χ3v) is 2.68. The fourth-order valence-corrected chi connectivity index (χ4v) is 1.71. The number of nitrogens with one attached hydrogen (secondary N) is 1. The first-order valence-electron chi connectivity index (χ1n) is 6.27. The van der Waals surface area contributed by atoms with E-state index in [2.05, 4.69) is 22.3 Å². The molecule has 0 atom stereocenters. The summed E-state index contributed by atoms with van der Waals surface area (Å²) in [5, 5.41) is 6.91. The lowest BCUT2D eigenvalue weighted by atomic mass is 10.3. The van der Waals surface area contributed by atoms with E-state index in [1.54, 1.807) is 6.20 Å². The van der Waals surface area contributed by atoms with Gasteiger partial charge < -0.3 is 5.32 Å². The largest absolute Gasteiger partial charge is 0.419 e. The summed E-state index contributed by atoms with van der Waals surface area (Å²) in [6.45, 7) is 3.10. The quantitative estimate of drug-likeness (QED) is 0.917. The van der Waals surface area contributed by atoms with Gasteiger partial charge in [-0.25, -0.2) is 0 Å². The van der Waals surface area contributed by atoms with Crippen LogP contribution in [0.3, 0.4) is 0 Å². The molecule has 0 amide bonds. The van der Waals surface area contributed by atoms with Crippen LogP contribution in [-0.4, -0.2) is 21.3 Å². The SMILES string of the molecule is CCCNc1ccnc(Cn2cc(C(F)(F)F)cn2)c1. The molecule has 0 aliphatic rings. The van der Waals surface area contributed by atoms with Crippen LogP contribution in [0.15, 0.2) is 30.7 Å². The molecular weight excluding hydrogens is 269 g/mol. The number of pyridine rings is 1. The minimum Gasteiger partial charge on any atom is -0.385 e. The van der Waals surface area contributed by atoms with Crippen LogP contribution in [0.25, 0.3) is 0 Å². The van der Waals surface area contributed by atoms with Crippen molar-refractivity contribution in [2.75, 3.05) is 11.9 Å². The van der Waals surface area contributed by atoms with E-state index < -0.39 is 11.7 Å². The summed E-state index contributed by atoms with van der Waals surface area (Å²) in [5.41, 5.74) is 0.806. The Morgan fingerprint density at radius 1 is 1.35 bits per heavy atom. The summed E-state index contributed by atoms with van der Waals surface area (Å²) in [5.74, 6) is 0. The van der Waals surface area contributed by atoms with Crippen molar-refractivity contribution in [3.63, 3.8) is 0 Å². The second-order valence-electron chi connectivity index (χ2n) is 4.39. The molecular formula is C13H15F3N4. The smallest absolute Gasteiger partial charge is 0.385 e. The van der Waals surface area contributed by atoms with E-state index in [0.29, 0.717) is 5.69 Å². The van der Waals surface area contributed by atoms with Gasteiger partial charge in [0.2, 0.25) is 0 Å². The summed E-state index contributed by atoms with van der Waals surface area (Å²) in [4.78, 5) is 4.13. The van der Waals surface area contributed by atoms with Gasteiger partial charge in [0.05, 0.1) is 24.0 Å². The van der Waals surface area contributed by atoms with Crippen LogP contribution in [0, 0.1) is 0 Å². The zero-order valence-corrected chi connectivity index (χ0v) is 11.0. The molecule has 0 aliphatic carbocycles. The first-order valence-corrected chi connectivity index (χ1v) is 6.27. The highest BCUT2D eigenvalue weighted by molar-refractivity contribution is 5.43. The summed E-state index contributed by atoms with van der Waals surface area (Å²) in [7, 11) is 0. The number of alkyl halides is 3. The Bertz CT molecular complexity index is 563. The summed E-state index contributed by atoms with van der Waals surface area (Å²) in [6.07, 6.45) is 0.0521. The molecule has 1 N–H and O–H groups in total. The Labute approximate surface area is 114 Å². The van der Waals surface area contributed by atoms with E-state index in [-0.39, 0.29) is 6.54 Å². The maximum Gasteiger partial charge on any atom is 0.419 e. The molecule has 108 valence electrons. The Balaban J connectivity index is 2.08. The number of halogens is 3. The number of anilines is 1. The van der Waals surface area contributed by atoms with Crippen molar-refractivity contribution < 1.29 is 13.2 Å². The summed E-state index contributed by atoms with van der Waals surface area (Å²) in [6, 6.07) is 3.63. The van der Waals surface area contributed by atoms with Gasteiger partial charge >= 0.3 is 6.18 Å². The van der Waals surface area contributed by atoms with Gasteiger partial charge in [0.15, 0.2) is 0 Å². The number of rotatable bonds is 5. The predicted molar refractivity (Wildman–Crippen MR) is 69.3 cm³/mol. The first-order chi connectivity index (χ1) is 9.49. The Morgan fingerprint density at radius 3 is 2.80 bits per heavy atom. The molecule has 2 heterocycles. The molecule has 0 fully saturated rings. The van der Waals surface area contributed by atoms with Gasteiger partial charge in [0.1, 0.15) is 0 Å². The minimum absolute atomic E-state index is 0.206. The summed E-state index contributed by atoms with van der Waals surface area (Å²) < 4.78 is 38.6. The molecule has 0 bridgehead atoms. The minimum atomic E-state index is -4.36. The van der Waals surface area contributed by atoms with Gasteiger partial charge in [-0.2, -0.15) is 18.3 Å². The second-order valence-corrected chi connectivity index (χ2v) is 4.39. The molecule has 0 aromatic carbocycles. The highest BCUT2D eigenvalue weighted by atomic mass is 19.4. The van der Waals surface area contributed by atoms with Crippen LogP contribution in [0.5, 0.6) is 0 Å². The molecule has 0 saturated heterocycles. The van der Waals surface area contributed by atoms with Crippen LogP contribution in [-0.2, 0) is 12.7 Å². The van der Waals surface area contributed by atoms with Gasteiger partial charge in [-0.3, -0.25) is 9.67 Å². The fraction of sp³-hybridized carbons (Fsp3) is 0.385. The lowest BCUT2D eigenvalue weighted by Crippen LogP contribution is -2.06. The van der Waals surface area contributed by atoms with Gasteiger partial charge in [-0.05, 0) is 18.6 Å². The molecule has 0 radical (unpaired) electrons. The van der Waals surface area contributed by atoms with E-state index >= 15 is 0 Å². The lowest BCUT2D eigenvalue weighted by Gasteiger charge is -2.07. The Hall–Kier alpha value is -2.05. The highest BCUT2D eigenvalue weighted by Gasteiger charge is 2.32. The zero-order valence-electron chi connectivity index (χ0n) is 11.0. The maximum absolute atomic E-state index is 12.5. The summed E-state index contributed by atoms with van der Waals surface area (Å²) >= 11 is 0. The van der Waals surface area contributed by atoms with Crippen LogP contribution in [0.4, 0.5) is 18.9 Å². The topological polar surface area (TPSA) is 42.7 Å². The molecule has 0 aliphatic heterocycles. The molecule has 0 spiro atoms. The van der Waals surface area contributed by atoms with Crippen molar-refractivity contribution in [2.24, 2.45) is 0 Å². The van der Waals surface area contributed by atoms with E-state index in [1.807, 2.05) is 12.1 Å². The third-order valence-electron chi connectivity index (χ3n) is 2.68. The van der Waals surface area contributed by atoms with Crippen molar-refractivity contribution in [3.05, 3.63) is 42.0 Å². The molecule has 2 rings (SSSR count). The van der Waals surface area contributed by atoms with Crippen LogP contribution in [0.1, 0.15) is 24.6 Å². The van der Waals surface area contributed by atoms with Gasteiger partial charge in [-0.1, -0.05) is 6.92 Å². The van der Waals surface area contributed by atoms with Crippen molar-refractivity contribution in [2.45, 2.75) is 26.1 Å². The third kappa shape index (κ3) is 3.72. The van der Waals surface area contributed by atoms with Crippen molar-refractivity contribution >= 4 is 5.69 Å². The first kappa shape index (κ1) is 14.4. The van der Waals surface area contributed by atoms with Crippen LogP contribution >= 0.6 is 0 Å². The van der Waals surface area contributed by atoms with E-state index in [1.165, 1.54) is 4.68 Å². The normalized spacial score (nSPS) is 11.6. The number of aromatic nitrogens is 3. The predicted octanol–water partition coefficient (Wildman–Crippen LogP) is 3.17. The van der Waals surface area contributed by atoms with Crippen LogP contribution < -0.4 is 5.32 Å². The van der Waals surface area contributed by atoms with Crippen molar-refractivity contribution in [3.8, 4) is 0 Å². The van der Waals surface area contributed by atoms with E-state index in [9.17, 15) is 13.2 Å². The molecule has 2 aromatic heterocycles. The van der Waals surface area contributed by atoms with Crippen molar-refractivity contribution in [1.82, 2.24) is 14.8 Å². The van der Waals surface area contributed by atoms with E-state index in [0.717, 1.165) is 31.0 Å². The fourth-order valence-electron chi connectivity index (χ4n) is 1.71. The molecule has 20 heavy (non-hydrogen) atoms. The monoisotopic (exact) mass is 284 g/mol. The average Bonchev–Trinajstić information content (AvgIpc) is 2.85. The standard InChI is InChI=1S/C13H15F3N4/c1-2-4-17-11-3-5-18-12(6-11)9-20-8-10(7-19-20)13(14,15)16/h3,5-8H,2,4,9H2,1H3,(H,17,18). The van der Waals surface area contributed by atoms with Crippen LogP contribution in [0.2, 0.25) is 0 Å². The number of hydrogen-bond donors (Lipinski definition) is 1. The van der Waals surface area contributed by atoms with E-state index in [4.69, 9.17) is 0 Å². The highest BCUT2D eigenvalue weighted by Crippen LogP contribution is 2.28. The van der Waals surface area contributed by atoms with Gasteiger partial charge in [0.25, 0.3) is 0 Å². The lowest BCUT2D eigenvalue weighted by molar-refractivity contribution is -0.137. The Kier molecular flexibility index (Phi) is 4.26. The average molecular weight is 284 g/mol. The second kappa shape index (κ2) is 5.94.